The Morgan fingerprint density at radius 3 is 1.36 bits per heavy atom. The number of hydrogen-bond acceptors (Lipinski definition) is 5. The molecule has 124 valence electrons. The van der Waals surface area contributed by atoms with Crippen molar-refractivity contribution in [3.63, 3.8) is 0 Å². The van der Waals surface area contributed by atoms with Crippen LogP contribution < -0.4 is 10.6 Å². The highest BCUT2D eigenvalue weighted by atomic mass is 32.1. The van der Waals surface area contributed by atoms with Crippen molar-refractivity contribution in [2.75, 3.05) is 24.7 Å². The monoisotopic (exact) mass is 346 g/mol. The molecule has 2 N–H and O–H groups in total. The molecular weight excluding hydrogens is 328 g/mol. The number of anilines is 2. The van der Waals surface area contributed by atoms with Gasteiger partial charge in [-0.2, -0.15) is 8.75 Å². The fraction of sp³-hybridized carbons (Fsp3) is 0.100. The Labute approximate surface area is 150 Å². The zero-order valence-corrected chi connectivity index (χ0v) is 14.9. The average Bonchev–Trinajstić information content (AvgIpc) is 3.17. The van der Waals surface area contributed by atoms with E-state index < -0.39 is 0 Å². The average molecular weight is 346 g/mol. The Balaban J connectivity index is 1.82. The molecule has 0 saturated heterocycles. The molecule has 3 aromatic carbocycles. The molecule has 0 radical (unpaired) electrons. The summed E-state index contributed by atoms with van der Waals surface area (Å²) in [6, 6.07) is 21.0. The molecule has 4 rings (SSSR count). The first-order valence-electron chi connectivity index (χ1n) is 8.12. The number of hydrogen-bond donors (Lipinski definition) is 2. The van der Waals surface area contributed by atoms with Gasteiger partial charge >= 0.3 is 0 Å². The number of benzene rings is 3. The van der Waals surface area contributed by atoms with Crippen molar-refractivity contribution in [3.05, 3.63) is 60.7 Å². The minimum Gasteiger partial charge on any atom is -0.388 e. The highest BCUT2D eigenvalue weighted by Crippen LogP contribution is 2.35. The second kappa shape index (κ2) is 6.53. The lowest BCUT2D eigenvalue weighted by Crippen LogP contribution is -1.89. The van der Waals surface area contributed by atoms with Crippen LogP contribution in [0.1, 0.15) is 0 Å². The Morgan fingerprint density at radius 1 is 0.600 bits per heavy atom. The van der Waals surface area contributed by atoms with Gasteiger partial charge in [0.1, 0.15) is 11.0 Å². The Morgan fingerprint density at radius 2 is 1.00 bits per heavy atom. The predicted octanol–water partition coefficient (Wildman–Crippen LogP) is 5.11. The highest BCUT2D eigenvalue weighted by molar-refractivity contribution is 7.00. The third-order valence-corrected chi connectivity index (χ3v) is 4.91. The van der Waals surface area contributed by atoms with Gasteiger partial charge in [0.25, 0.3) is 0 Å². The van der Waals surface area contributed by atoms with Crippen molar-refractivity contribution in [1.29, 1.82) is 0 Å². The summed E-state index contributed by atoms with van der Waals surface area (Å²) in [7, 11) is 3.84. The Hall–Kier alpha value is -2.92. The van der Waals surface area contributed by atoms with Gasteiger partial charge in [-0.15, -0.1) is 0 Å². The van der Waals surface area contributed by atoms with Crippen molar-refractivity contribution in [1.82, 2.24) is 8.75 Å². The van der Waals surface area contributed by atoms with Crippen LogP contribution in [0.3, 0.4) is 0 Å². The van der Waals surface area contributed by atoms with E-state index in [0.29, 0.717) is 0 Å². The lowest BCUT2D eigenvalue weighted by molar-refractivity contribution is 1.50. The van der Waals surface area contributed by atoms with Crippen molar-refractivity contribution in [3.8, 4) is 22.3 Å². The molecule has 0 aliphatic heterocycles. The van der Waals surface area contributed by atoms with Crippen LogP contribution >= 0.6 is 11.7 Å². The predicted molar refractivity (Wildman–Crippen MR) is 107 cm³/mol. The first-order chi connectivity index (χ1) is 12.3. The van der Waals surface area contributed by atoms with Crippen LogP contribution in [-0.4, -0.2) is 22.8 Å². The molecule has 5 heteroatoms. The molecule has 4 aromatic rings. The van der Waals surface area contributed by atoms with E-state index in [1.165, 1.54) is 11.7 Å². The molecule has 0 bridgehead atoms. The highest BCUT2D eigenvalue weighted by Gasteiger charge is 2.13. The molecule has 0 aliphatic carbocycles. The van der Waals surface area contributed by atoms with E-state index in [4.69, 9.17) is 0 Å². The van der Waals surface area contributed by atoms with E-state index in [1.807, 2.05) is 14.1 Å². The molecule has 0 unspecified atom stereocenters. The van der Waals surface area contributed by atoms with Crippen molar-refractivity contribution >= 4 is 34.1 Å². The summed E-state index contributed by atoms with van der Waals surface area (Å²) in [5, 5.41) is 6.29. The zero-order chi connectivity index (χ0) is 17.2. The lowest BCUT2D eigenvalue weighted by Gasteiger charge is -2.08. The van der Waals surface area contributed by atoms with Gasteiger partial charge in [0, 0.05) is 36.6 Å². The third kappa shape index (κ3) is 2.83. The van der Waals surface area contributed by atoms with Gasteiger partial charge in [-0.1, -0.05) is 36.4 Å². The van der Waals surface area contributed by atoms with Gasteiger partial charge < -0.3 is 10.6 Å². The number of nitrogens with one attached hydrogen (secondary N) is 2. The zero-order valence-electron chi connectivity index (χ0n) is 14.1. The van der Waals surface area contributed by atoms with E-state index in [9.17, 15) is 0 Å². The summed E-state index contributed by atoms with van der Waals surface area (Å²) in [6.45, 7) is 0. The van der Waals surface area contributed by atoms with E-state index in [0.717, 1.165) is 44.7 Å². The number of rotatable bonds is 4. The minimum absolute atomic E-state index is 0.956. The van der Waals surface area contributed by atoms with Crippen LogP contribution in [0.4, 0.5) is 11.4 Å². The topological polar surface area (TPSA) is 49.8 Å². The van der Waals surface area contributed by atoms with E-state index in [-0.39, 0.29) is 0 Å². The fourth-order valence-corrected chi connectivity index (χ4v) is 3.54. The molecule has 0 amide bonds. The number of nitrogens with zero attached hydrogens (tertiary/aromatic N) is 2. The molecular formula is C20H18N4S. The van der Waals surface area contributed by atoms with E-state index >= 15 is 0 Å². The standard InChI is InChI=1S/C20H18N4S/c1-21-15-7-3-13(4-8-15)17-11-12-18(20-19(17)23-25-24-20)14-5-9-16(22-2)10-6-14/h3-12,21-22H,1-2H3. The summed E-state index contributed by atoms with van der Waals surface area (Å²) in [6.07, 6.45) is 0. The molecule has 0 fully saturated rings. The molecule has 0 spiro atoms. The van der Waals surface area contributed by atoms with Gasteiger partial charge in [-0.25, -0.2) is 0 Å². The summed E-state index contributed by atoms with van der Waals surface area (Å²) >= 11 is 1.26. The fourth-order valence-electron chi connectivity index (χ4n) is 2.97. The first-order valence-corrected chi connectivity index (χ1v) is 8.85. The molecule has 25 heavy (non-hydrogen) atoms. The normalized spacial score (nSPS) is 10.8. The quantitative estimate of drug-likeness (QED) is 0.539. The second-order valence-electron chi connectivity index (χ2n) is 5.78. The molecule has 1 aromatic heterocycles. The van der Waals surface area contributed by atoms with Crippen molar-refractivity contribution < 1.29 is 0 Å². The minimum atomic E-state index is 0.956. The van der Waals surface area contributed by atoms with Gasteiger partial charge in [0.2, 0.25) is 0 Å². The van der Waals surface area contributed by atoms with Crippen LogP contribution in [0, 0.1) is 0 Å². The summed E-state index contributed by atoms with van der Waals surface area (Å²) < 4.78 is 9.12. The summed E-state index contributed by atoms with van der Waals surface area (Å²) in [5.74, 6) is 0. The lowest BCUT2D eigenvalue weighted by atomic mass is 9.97. The Bertz CT molecular complexity index is 923. The maximum atomic E-state index is 4.56. The maximum Gasteiger partial charge on any atom is 0.113 e. The molecule has 0 aliphatic rings. The maximum absolute atomic E-state index is 4.56. The molecule has 0 atom stereocenters. The summed E-state index contributed by atoms with van der Waals surface area (Å²) in [5.41, 5.74) is 8.62. The first kappa shape index (κ1) is 15.6. The molecule has 4 nitrogen and oxygen atoms in total. The Kier molecular flexibility index (Phi) is 4.07. The van der Waals surface area contributed by atoms with Gasteiger partial charge in [-0.3, -0.25) is 0 Å². The van der Waals surface area contributed by atoms with Gasteiger partial charge in [0.05, 0.1) is 11.7 Å². The summed E-state index contributed by atoms with van der Waals surface area (Å²) in [4.78, 5) is 0. The van der Waals surface area contributed by atoms with Crippen molar-refractivity contribution in [2.45, 2.75) is 0 Å². The van der Waals surface area contributed by atoms with Crippen LogP contribution in [0.25, 0.3) is 33.3 Å². The van der Waals surface area contributed by atoms with Crippen LogP contribution in [-0.2, 0) is 0 Å². The van der Waals surface area contributed by atoms with E-state index in [2.05, 4.69) is 80.0 Å². The van der Waals surface area contributed by atoms with Gasteiger partial charge in [-0.05, 0) is 35.4 Å². The van der Waals surface area contributed by atoms with Crippen LogP contribution in [0.5, 0.6) is 0 Å². The SMILES string of the molecule is CNc1ccc(-c2ccc(-c3ccc(NC)cc3)c3nsnc23)cc1. The van der Waals surface area contributed by atoms with Crippen LogP contribution in [0.2, 0.25) is 0 Å². The largest absolute Gasteiger partial charge is 0.388 e. The smallest absolute Gasteiger partial charge is 0.113 e. The number of aromatic nitrogens is 2. The van der Waals surface area contributed by atoms with Crippen molar-refractivity contribution in [2.24, 2.45) is 0 Å². The molecule has 1 heterocycles. The van der Waals surface area contributed by atoms with Crippen LogP contribution in [0.15, 0.2) is 60.7 Å². The molecule has 0 saturated carbocycles. The van der Waals surface area contributed by atoms with Gasteiger partial charge in [0.15, 0.2) is 0 Å². The van der Waals surface area contributed by atoms with E-state index in [1.54, 1.807) is 0 Å². The second-order valence-corrected chi connectivity index (χ2v) is 6.31. The number of fused-ring (bicyclic) bond motifs is 1. The third-order valence-electron chi connectivity index (χ3n) is 4.38.